The van der Waals surface area contributed by atoms with Gasteiger partial charge < -0.3 is 10.6 Å². The van der Waals surface area contributed by atoms with Crippen molar-refractivity contribution in [2.75, 3.05) is 19.6 Å². The minimum atomic E-state index is 0.0251. The molecule has 116 valence electrons. The lowest BCUT2D eigenvalue weighted by Gasteiger charge is -2.55. The summed E-state index contributed by atoms with van der Waals surface area (Å²) in [7, 11) is 0. The van der Waals surface area contributed by atoms with Gasteiger partial charge in [0.05, 0.1) is 0 Å². The molecule has 0 radical (unpaired) electrons. The van der Waals surface area contributed by atoms with E-state index >= 15 is 0 Å². The number of carbonyl (C=O) groups excluding carboxylic acids is 1. The summed E-state index contributed by atoms with van der Waals surface area (Å²) >= 11 is 0. The first-order valence-electron chi connectivity index (χ1n) is 8.90. The van der Waals surface area contributed by atoms with Gasteiger partial charge in [0.2, 0.25) is 5.91 Å². The molecule has 0 unspecified atom stereocenters. The van der Waals surface area contributed by atoms with Crippen LogP contribution in [0, 0.1) is 23.2 Å². The molecule has 5 rings (SSSR count). The van der Waals surface area contributed by atoms with E-state index in [4.69, 9.17) is 0 Å². The summed E-state index contributed by atoms with van der Waals surface area (Å²) in [6.07, 6.45) is 12.2. The molecular formula is C18H28N2O. The molecule has 4 bridgehead atoms. The van der Waals surface area contributed by atoms with Gasteiger partial charge in [-0.1, -0.05) is 11.6 Å². The first kappa shape index (κ1) is 13.8. The fourth-order valence-electron chi connectivity index (χ4n) is 5.81. The van der Waals surface area contributed by atoms with Crippen molar-refractivity contribution >= 4 is 5.91 Å². The van der Waals surface area contributed by atoms with Crippen LogP contribution in [0.1, 0.15) is 51.4 Å². The van der Waals surface area contributed by atoms with E-state index < -0.39 is 0 Å². The molecule has 1 heterocycles. The average molecular weight is 288 g/mol. The maximum atomic E-state index is 12.8. The third-order valence-corrected chi connectivity index (χ3v) is 6.41. The summed E-state index contributed by atoms with van der Waals surface area (Å²) in [6.45, 7) is 2.93. The van der Waals surface area contributed by atoms with Crippen LogP contribution in [-0.2, 0) is 4.79 Å². The Kier molecular flexibility index (Phi) is 3.56. The largest absolute Gasteiger partial charge is 0.355 e. The van der Waals surface area contributed by atoms with Crippen LogP contribution >= 0.6 is 0 Å². The standard InChI is InChI=1S/C18H28N2O/c21-17(20-6-3-13-1-4-19-5-2-13)18-10-14-7-15(11-18)9-16(8-14)12-18/h1,14-16,19H,2-12H2,(H,20,21). The fraction of sp³-hybridized carbons (Fsp3) is 0.833. The van der Waals surface area contributed by atoms with Gasteiger partial charge in [0.25, 0.3) is 0 Å². The van der Waals surface area contributed by atoms with Crippen LogP contribution in [0.15, 0.2) is 11.6 Å². The van der Waals surface area contributed by atoms with E-state index in [-0.39, 0.29) is 5.41 Å². The molecule has 2 N–H and O–H groups in total. The first-order chi connectivity index (χ1) is 10.2. The molecule has 0 saturated heterocycles. The highest BCUT2D eigenvalue weighted by molar-refractivity contribution is 5.83. The molecule has 0 atom stereocenters. The van der Waals surface area contributed by atoms with E-state index in [1.54, 1.807) is 0 Å². The fourth-order valence-corrected chi connectivity index (χ4v) is 5.81. The number of amides is 1. The van der Waals surface area contributed by atoms with Gasteiger partial charge in [0.15, 0.2) is 0 Å². The molecule has 4 aliphatic carbocycles. The van der Waals surface area contributed by atoms with Gasteiger partial charge in [-0.25, -0.2) is 0 Å². The van der Waals surface area contributed by atoms with Crippen molar-refractivity contribution in [1.29, 1.82) is 0 Å². The van der Waals surface area contributed by atoms with Gasteiger partial charge >= 0.3 is 0 Å². The van der Waals surface area contributed by atoms with E-state index in [0.717, 1.165) is 50.2 Å². The van der Waals surface area contributed by atoms with Crippen LogP contribution in [0.5, 0.6) is 0 Å². The van der Waals surface area contributed by atoms with Crippen molar-refractivity contribution in [3.8, 4) is 0 Å². The monoisotopic (exact) mass is 288 g/mol. The van der Waals surface area contributed by atoms with Crippen molar-refractivity contribution in [2.24, 2.45) is 23.2 Å². The van der Waals surface area contributed by atoms with Gasteiger partial charge in [-0.15, -0.1) is 0 Å². The van der Waals surface area contributed by atoms with E-state index in [9.17, 15) is 4.79 Å². The van der Waals surface area contributed by atoms with Crippen LogP contribution in [0.2, 0.25) is 0 Å². The number of nitrogens with one attached hydrogen (secondary N) is 2. The lowest BCUT2D eigenvalue weighted by Crippen LogP contribution is -2.53. The van der Waals surface area contributed by atoms with E-state index in [0.29, 0.717) is 5.91 Å². The Morgan fingerprint density at radius 1 is 1.19 bits per heavy atom. The van der Waals surface area contributed by atoms with Gasteiger partial charge in [0, 0.05) is 18.5 Å². The zero-order chi connectivity index (χ0) is 14.3. The van der Waals surface area contributed by atoms with E-state index in [1.165, 1.54) is 44.1 Å². The lowest BCUT2D eigenvalue weighted by atomic mass is 9.49. The summed E-state index contributed by atoms with van der Waals surface area (Å²) < 4.78 is 0. The van der Waals surface area contributed by atoms with Crippen LogP contribution in [-0.4, -0.2) is 25.5 Å². The Bertz CT molecular complexity index is 419. The maximum Gasteiger partial charge on any atom is 0.226 e. The third-order valence-electron chi connectivity index (χ3n) is 6.41. The molecule has 4 fully saturated rings. The summed E-state index contributed by atoms with van der Waals surface area (Å²) in [5, 5.41) is 6.63. The number of hydrogen-bond donors (Lipinski definition) is 2. The highest BCUT2D eigenvalue weighted by Gasteiger charge is 2.54. The minimum Gasteiger partial charge on any atom is -0.355 e. The van der Waals surface area contributed by atoms with Crippen molar-refractivity contribution in [3.05, 3.63) is 11.6 Å². The van der Waals surface area contributed by atoms with Gasteiger partial charge in [-0.2, -0.15) is 0 Å². The van der Waals surface area contributed by atoms with Crippen LogP contribution in [0.3, 0.4) is 0 Å². The van der Waals surface area contributed by atoms with Gasteiger partial charge in [0.1, 0.15) is 0 Å². The molecule has 0 aromatic carbocycles. The Morgan fingerprint density at radius 2 is 1.86 bits per heavy atom. The quantitative estimate of drug-likeness (QED) is 0.781. The maximum absolute atomic E-state index is 12.8. The van der Waals surface area contributed by atoms with E-state index in [1.807, 2.05) is 0 Å². The summed E-state index contributed by atoms with van der Waals surface area (Å²) in [5.74, 6) is 2.95. The SMILES string of the molecule is O=C(NCCC1=CCNCC1)C12CC3CC(CC(C3)C1)C2. The van der Waals surface area contributed by atoms with E-state index in [2.05, 4.69) is 16.7 Å². The second-order valence-electron chi connectivity index (χ2n) is 8.02. The van der Waals surface area contributed by atoms with Crippen LogP contribution < -0.4 is 10.6 Å². The predicted octanol–water partition coefficient (Wildman–Crippen LogP) is 2.63. The predicted molar refractivity (Wildman–Crippen MR) is 83.8 cm³/mol. The lowest BCUT2D eigenvalue weighted by molar-refractivity contribution is -0.146. The molecule has 4 saturated carbocycles. The number of rotatable bonds is 4. The topological polar surface area (TPSA) is 41.1 Å². The molecular weight excluding hydrogens is 260 g/mol. The molecule has 0 aromatic heterocycles. The van der Waals surface area contributed by atoms with Crippen molar-refractivity contribution in [3.63, 3.8) is 0 Å². The molecule has 1 aliphatic heterocycles. The van der Waals surface area contributed by atoms with Crippen molar-refractivity contribution < 1.29 is 4.79 Å². The number of hydrogen-bond acceptors (Lipinski definition) is 2. The Hall–Kier alpha value is -0.830. The summed E-state index contributed by atoms with van der Waals surface area (Å²) in [4.78, 5) is 12.8. The zero-order valence-electron chi connectivity index (χ0n) is 13.0. The Morgan fingerprint density at radius 3 is 2.43 bits per heavy atom. The minimum absolute atomic E-state index is 0.0251. The van der Waals surface area contributed by atoms with Gasteiger partial charge in [-0.05, 0) is 75.7 Å². The zero-order valence-corrected chi connectivity index (χ0v) is 13.0. The van der Waals surface area contributed by atoms with Crippen LogP contribution in [0.4, 0.5) is 0 Å². The summed E-state index contributed by atoms with van der Waals surface area (Å²) in [6, 6.07) is 0. The highest BCUT2D eigenvalue weighted by Crippen LogP contribution is 2.60. The van der Waals surface area contributed by atoms with Gasteiger partial charge in [-0.3, -0.25) is 4.79 Å². The number of carbonyl (C=O) groups is 1. The molecule has 5 aliphatic rings. The van der Waals surface area contributed by atoms with Crippen LogP contribution in [0.25, 0.3) is 0 Å². The molecule has 1 amide bonds. The molecule has 0 spiro atoms. The second kappa shape index (κ2) is 5.42. The Labute approximate surface area is 127 Å². The summed E-state index contributed by atoms with van der Waals surface area (Å²) in [5.41, 5.74) is 1.54. The third kappa shape index (κ3) is 2.65. The van der Waals surface area contributed by atoms with Crippen molar-refractivity contribution in [2.45, 2.75) is 51.4 Å². The first-order valence-corrected chi connectivity index (χ1v) is 8.90. The average Bonchev–Trinajstić information content (AvgIpc) is 2.47. The highest BCUT2D eigenvalue weighted by atomic mass is 16.2. The second-order valence-corrected chi connectivity index (χ2v) is 8.02. The normalized spacial score (nSPS) is 41.0. The molecule has 3 nitrogen and oxygen atoms in total. The smallest absolute Gasteiger partial charge is 0.226 e. The Balaban J connectivity index is 1.33. The molecule has 21 heavy (non-hydrogen) atoms. The molecule has 0 aromatic rings. The molecule has 3 heteroatoms. The van der Waals surface area contributed by atoms with Crippen molar-refractivity contribution in [1.82, 2.24) is 10.6 Å².